The van der Waals surface area contributed by atoms with E-state index in [1.807, 2.05) is 97.1 Å². The molecule has 0 radical (unpaired) electrons. The number of thiazole rings is 1. The van der Waals surface area contributed by atoms with Crippen LogP contribution < -0.4 is 19.8 Å². The molecule has 0 N–H and O–H groups in total. The van der Waals surface area contributed by atoms with E-state index in [4.69, 9.17) is 9.73 Å². The predicted molar refractivity (Wildman–Crippen MR) is 218 cm³/mol. The summed E-state index contributed by atoms with van der Waals surface area (Å²) >= 11 is 1.15. The van der Waals surface area contributed by atoms with E-state index in [0.29, 0.717) is 16.1 Å². The number of anilines is 1. The highest BCUT2D eigenvalue weighted by atomic mass is 32.1. The lowest BCUT2D eigenvalue weighted by Gasteiger charge is -2.53. The number of nitro benzene ring substituents is 1. The highest BCUT2D eigenvalue weighted by Gasteiger charge is 2.68. The summed E-state index contributed by atoms with van der Waals surface area (Å²) in [5.41, 5.74) is 3.06. The van der Waals surface area contributed by atoms with Crippen LogP contribution in [0.15, 0.2) is 130 Å². The summed E-state index contributed by atoms with van der Waals surface area (Å²) in [7, 11) is 0. The number of nitro groups is 1. The van der Waals surface area contributed by atoms with Gasteiger partial charge < -0.3 is 4.74 Å². The molecule has 0 saturated carbocycles. The van der Waals surface area contributed by atoms with Crippen LogP contribution in [0.5, 0.6) is 0 Å². The van der Waals surface area contributed by atoms with E-state index < -0.39 is 57.5 Å². The molecule has 6 aromatic rings. The SMILES string of the molecule is CCOC(=O)C1=C(C)N=c2s/c(=C/C34c5ccccc5C(c5ccccc53)[C@@H]3C(=O)N(c5ccc(C)cc5[N+](=O)[O-])C(=O)[C@H]34)c(=O)n2[C@@H]1c1cccc2ccccc12. The van der Waals surface area contributed by atoms with Crippen molar-refractivity contribution in [1.82, 2.24) is 4.57 Å². The minimum atomic E-state index is -1.35. The Labute approximate surface area is 335 Å². The molecule has 286 valence electrons. The van der Waals surface area contributed by atoms with Crippen molar-refractivity contribution in [3.05, 3.63) is 184 Å². The average Bonchev–Trinajstić information content (AvgIpc) is 3.67. The number of rotatable bonds is 6. The van der Waals surface area contributed by atoms with Crippen LogP contribution in [0.2, 0.25) is 0 Å². The molecule has 3 aliphatic carbocycles. The number of carbonyl (C=O) groups excluding carboxylic acids is 3. The third kappa shape index (κ3) is 4.75. The van der Waals surface area contributed by atoms with Gasteiger partial charge in [-0.3, -0.25) is 29.1 Å². The van der Waals surface area contributed by atoms with Crippen LogP contribution in [0.1, 0.15) is 59.2 Å². The first kappa shape index (κ1) is 35.6. The molecule has 2 bridgehead atoms. The highest BCUT2D eigenvalue weighted by molar-refractivity contribution is 7.07. The molecule has 12 heteroatoms. The molecule has 2 aliphatic heterocycles. The third-order valence-corrected chi connectivity index (χ3v) is 13.2. The van der Waals surface area contributed by atoms with E-state index >= 15 is 9.59 Å². The van der Waals surface area contributed by atoms with Crippen molar-refractivity contribution in [2.24, 2.45) is 16.8 Å². The van der Waals surface area contributed by atoms with Crippen molar-refractivity contribution >= 4 is 57.3 Å². The van der Waals surface area contributed by atoms with Crippen molar-refractivity contribution in [3.8, 4) is 0 Å². The summed E-state index contributed by atoms with van der Waals surface area (Å²) in [4.78, 5) is 77.2. The number of hydrogen-bond acceptors (Lipinski definition) is 9. The Morgan fingerprint density at radius 1 is 0.879 bits per heavy atom. The maximum atomic E-state index is 15.3. The Kier molecular flexibility index (Phi) is 7.90. The second-order valence-corrected chi connectivity index (χ2v) is 16.2. The van der Waals surface area contributed by atoms with Crippen LogP contribution in [-0.4, -0.2) is 33.9 Å². The number of benzene rings is 5. The minimum Gasteiger partial charge on any atom is -0.463 e. The van der Waals surface area contributed by atoms with Gasteiger partial charge in [0.15, 0.2) is 4.80 Å². The largest absolute Gasteiger partial charge is 0.463 e. The maximum absolute atomic E-state index is 15.3. The van der Waals surface area contributed by atoms with Gasteiger partial charge in [0.05, 0.1) is 50.6 Å². The van der Waals surface area contributed by atoms with Gasteiger partial charge in [-0.15, -0.1) is 0 Å². The number of allylic oxidation sites excluding steroid dienone is 1. The van der Waals surface area contributed by atoms with Crippen molar-refractivity contribution < 1.29 is 24.0 Å². The zero-order chi connectivity index (χ0) is 40.2. The second kappa shape index (κ2) is 12.9. The van der Waals surface area contributed by atoms with Crippen molar-refractivity contribution in [3.63, 3.8) is 0 Å². The van der Waals surface area contributed by atoms with E-state index in [0.717, 1.165) is 54.8 Å². The van der Waals surface area contributed by atoms with Gasteiger partial charge in [0, 0.05) is 12.0 Å². The van der Waals surface area contributed by atoms with Gasteiger partial charge in [-0.1, -0.05) is 108 Å². The number of hydrogen-bond donors (Lipinski definition) is 0. The number of imide groups is 1. The lowest BCUT2D eigenvalue weighted by molar-refractivity contribution is -0.384. The molecule has 1 fully saturated rings. The molecule has 1 saturated heterocycles. The van der Waals surface area contributed by atoms with E-state index in [1.54, 1.807) is 31.4 Å². The van der Waals surface area contributed by atoms with Gasteiger partial charge in [0.25, 0.3) is 11.2 Å². The maximum Gasteiger partial charge on any atom is 0.338 e. The molecule has 0 unspecified atom stereocenters. The van der Waals surface area contributed by atoms with Crippen LogP contribution >= 0.6 is 11.3 Å². The summed E-state index contributed by atoms with van der Waals surface area (Å²) in [6.45, 7) is 5.30. The van der Waals surface area contributed by atoms with Gasteiger partial charge >= 0.3 is 5.97 Å². The van der Waals surface area contributed by atoms with E-state index in [1.165, 1.54) is 12.1 Å². The van der Waals surface area contributed by atoms with Crippen LogP contribution in [0.3, 0.4) is 0 Å². The van der Waals surface area contributed by atoms with Crippen molar-refractivity contribution in [1.29, 1.82) is 0 Å². The predicted octanol–water partition coefficient (Wildman–Crippen LogP) is 6.37. The van der Waals surface area contributed by atoms with Crippen LogP contribution in [0.25, 0.3) is 16.8 Å². The monoisotopic (exact) mass is 786 g/mol. The van der Waals surface area contributed by atoms with E-state index in [9.17, 15) is 19.7 Å². The molecule has 58 heavy (non-hydrogen) atoms. The molecule has 1 aromatic heterocycles. The van der Waals surface area contributed by atoms with E-state index in [2.05, 4.69) is 0 Å². The standard InChI is InChI=1S/C46H34N4O7S/c1-4-57-44(54)36-25(3)47-45-49(40(36)28-17-11-13-26-12-5-6-14-27(26)28)41(51)35(58-45)23-46-31-18-9-7-15-29(31)37(30-16-8-10-19-32(30)46)38-39(46)43(53)48(42(38)52)33-21-20-24(2)22-34(33)50(55)56/h5-23,37-40H,4H2,1-3H3/b35-23+/t37?,38-,39-,40+,46?/m0/s1. The van der Waals surface area contributed by atoms with Gasteiger partial charge in [0.1, 0.15) is 5.69 Å². The summed E-state index contributed by atoms with van der Waals surface area (Å²) in [6.07, 6.45) is 1.82. The Morgan fingerprint density at radius 3 is 2.24 bits per heavy atom. The van der Waals surface area contributed by atoms with Crippen molar-refractivity contribution in [2.75, 3.05) is 11.5 Å². The number of ether oxygens (including phenoxy) is 1. The molecule has 3 atom stereocenters. The van der Waals surface area contributed by atoms with Crippen LogP contribution in [0, 0.1) is 28.9 Å². The molecule has 2 amide bonds. The van der Waals surface area contributed by atoms with Gasteiger partial charge in [-0.05, 0) is 77.1 Å². The second-order valence-electron chi connectivity index (χ2n) is 15.2. The normalized spacial score (nSPS) is 23.0. The highest BCUT2D eigenvalue weighted by Crippen LogP contribution is 2.65. The van der Waals surface area contributed by atoms with E-state index in [-0.39, 0.29) is 28.1 Å². The number of nitrogens with zero attached hydrogens (tertiary/aromatic N) is 4. The number of amides is 2. The fourth-order valence-corrected chi connectivity index (χ4v) is 11.2. The zero-order valence-electron chi connectivity index (χ0n) is 31.5. The molecular formula is C46H34N4O7S. The quantitative estimate of drug-likeness (QED) is 0.0827. The first-order chi connectivity index (χ1) is 28.1. The molecule has 5 aromatic carbocycles. The number of aromatic nitrogens is 1. The smallest absolute Gasteiger partial charge is 0.338 e. The summed E-state index contributed by atoms with van der Waals surface area (Å²) in [5.74, 6) is -4.15. The first-order valence-electron chi connectivity index (χ1n) is 19.1. The molecule has 5 aliphatic rings. The number of aryl methyl sites for hydroxylation is 1. The molecule has 3 heterocycles. The minimum absolute atomic E-state index is 0.0842. The number of carbonyl (C=O) groups is 3. The fraction of sp³-hybridized carbons (Fsp3) is 0.196. The lowest BCUT2D eigenvalue weighted by Crippen LogP contribution is -2.53. The Balaban J connectivity index is 1.26. The summed E-state index contributed by atoms with van der Waals surface area (Å²) < 4.78 is 7.38. The lowest BCUT2D eigenvalue weighted by atomic mass is 9.47. The Bertz CT molecular complexity index is 3020. The summed E-state index contributed by atoms with van der Waals surface area (Å²) in [6, 6.07) is 32.5. The van der Waals surface area contributed by atoms with Gasteiger partial charge in [-0.2, -0.15) is 0 Å². The molecule has 0 spiro atoms. The molecule has 11 rings (SSSR count). The van der Waals surface area contributed by atoms with Crippen molar-refractivity contribution in [2.45, 2.75) is 38.1 Å². The van der Waals surface area contributed by atoms with Crippen LogP contribution in [-0.2, 0) is 24.5 Å². The third-order valence-electron chi connectivity index (χ3n) is 12.2. The topological polar surface area (TPSA) is 141 Å². The molecule has 11 nitrogen and oxygen atoms in total. The average molecular weight is 787 g/mol. The number of esters is 1. The van der Waals surface area contributed by atoms with Crippen LogP contribution in [0.4, 0.5) is 11.4 Å². The van der Waals surface area contributed by atoms with Gasteiger partial charge in [0.2, 0.25) is 11.8 Å². The zero-order valence-corrected chi connectivity index (χ0v) is 32.4. The van der Waals surface area contributed by atoms with Gasteiger partial charge in [-0.25, -0.2) is 14.7 Å². The first-order valence-corrected chi connectivity index (χ1v) is 19.9. The Hall–Kier alpha value is -6.79. The number of fused-ring (bicyclic) bond motifs is 2. The fourth-order valence-electron chi connectivity index (χ4n) is 10.1. The summed E-state index contributed by atoms with van der Waals surface area (Å²) in [5, 5.41) is 14.2. The molecular weight excluding hydrogens is 753 g/mol. The Morgan fingerprint density at radius 2 is 1.53 bits per heavy atom.